The summed E-state index contributed by atoms with van der Waals surface area (Å²) in [6.45, 7) is 3.49. The fourth-order valence-corrected chi connectivity index (χ4v) is 4.68. The second kappa shape index (κ2) is 8.67. The zero-order chi connectivity index (χ0) is 22.8. The molecule has 1 aromatic heterocycles. The van der Waals surface area contributed by atoms with Crippen LogP contribution in [-0.4, -0.2) is 41.3 Å². The van der Waals surface area contributed by atoms with Crippen molar-refractivity contribution >= 4 is 32.7 Å². The Morgan fingerprint density at radius 2 is 1.68 bits per heavy atom. The van der Waals surface area contributed by atoms with Gasteiger partial charge in [0.1, 0.15) is 6.54 Å². The first-order chi connectivity index (χ1) is 14.6. The largest absolute Gasteiger partial charge is 0.449 e. The molecule has 166 valence electrons. The second-order valence-corrected chi connectivity index (χ2v) is 8.61. The highest BCUT2D eigenvalue weighted by molar-refractivity contribution is 7.89. The first-order valence-electron chi connectivity index (χ1n) is 9.50. The van der Waals surface area contributed by atoms with E-state index in [0.717, 1.165) is 4.57 Å². The van der Waals surface area contributed by atoms with E-state index in [1.807, 2.05) is 0 Å². The summed E-state index contributed by atoms with van der Waals surface area (Å²) in [6, 6.07) is 11.5. The van der Waals surface area contributed by atoms with Gasteiger partial charge in [-0.1, -0.05) is 26.0 Å². The summed E-state index contributed by atoms with van der Waals surface area (Å²) >= 11 is 0. The average Bonchev–Trinajstić information content (AvgIpc) is 3.08. The lowest BCUT2D eigenvalue weighted by atomic mass is 10.3. The van der Waals surface area contributed by atoms with Crippen LogP contribution in [0, 0.1) is 0 Å². The molecule has 0 bridgehead atoms. The minimum Gasteiger partial charge on any atom is -0.325 e. The van der Waals surface area contributed by atoms with Crippen LogP contribution in [0.3, 0.4) is 0 Å². The summed E-state index contributed by atoms with van der Waals surface area (Å²) in [7, 11) is -3.65. The number of imidazole rings is 1. The van der Waals surface area contributed by atoms with Gasteiger partial charge in [0.05, 0.1) is 15.9 Å². The SMILES string of the molecule is CCN(CC)S(=O)(=O)c1ccc(NC(=O)Cn2c(C(F)(F)F)nc3ccccc32)cc1. The summed E-state index contributed by atoms with van der Waals surface area (Å²) in [5.41, 5.74) is 0.584. The molecule has 0 unspecified atom stereocenters. The van der Waals surface area contributed by atoms with E-state index in [4.69, 9.17) is 0 Å². The van der Waals surface area contributed by atoms with Gasteiger partial charge >= 0.3 is 6.18 Å². The molecule has 11 heteroatoms. The summed E-state index contributed by atoms with van der Waals surface area (Å²) in [4.78, 5) is 16.1. The Balaban J connectivity index is 1.81. The van der Waals surface area contributed by atoms with E-state index in [9.17, 15) is 26.4 Å². The second-order valence-electron chi connectivity index (χ2n) is 6.67. The summed E-state index contributed by atoms with van der Waals surface area (Å²) in [5, 5.41) is 2.50. The normalized spacial score (nSPS) is 12.5. The number of amides is 1. The Labute approximate surface area is 177 Å². The van der Waals surface area contributed by atoms with Gasteiger partial charge in [-0.3, -0.25) is 4.79 Å². The van der Waals surface area contributed by atoms with E-state index in [1.54, 1.807) is 26.0 Å². The minimum absolute atomic E-state index is 0.0640. The van der Waals surface area contributed by atoms with Gasteiger partial charge in [0.2, 0.25) is 21.8 Å². The van der Waals surface area contributed by atoms with Crippen LogP contribution in [-0.2, 0) is 27.5 Å². The van der Waals surface area contributed by atoms with Crippen LogP contribution in [0.1, 0.15) is 19.7 Å². The molecule has 1 amide bonds. The first-order valence-corrected chi connectivity index (χ1v) is 10.9. The molecule has 0 radical (unpaired) electrons. The molecule has 1 N–H and O–H groups in total. The van der Waals surface area contributed by atoms with Crippen molar-refractivity contribution in [2.75, 3.05) is 18.4 Å². The number of benzene rings is 2. The Morgan fingerprint density at radius 1 is 1.06 bits per heavy atom. The van der Waals surface area contributed by atoms with E-state index < -0.39 is 34.5 Å². The summed E-state index contributed by atoms with van der Waals surface area (Å²) < 4.78 is 67.2. The van der Waals surface area contributed by atoms with Gasteiger partial charge in [-0.25, -0.2) is 13.4 Å². The summed E-state index contributed by atoms with van der Waals surface area (Å²) in [6.07, 6.45) is -4.72. The number of anilines is 1. The number of nitrogens with zero attached hydrogens (tertiary/aromatic N) is 3. The molecule has 1 heterocycles. The van der Waals surface area contributed by atoms with E-state index in [0.29, 0.717) is 13.1 Å². The van der Waals surface area contributed by atoms with Crippen LogP contribution in [0.25, 0.3) is 11.0 Å². The molecule has 0 spiro atoms. The van der Waals surface area contributed by atoms with Crippen LogP contribution < -0.4 is 5.32 Å². The zero-order valence-corrected chi connectivity index (χ0v) is 17.7. The van der Waals surface area contributed by atoms with Crippen LogP contribution in [0.5, 0.6) is 0 Å². The Hall–Kier alpha value is -2.92. The predicted octanol–water partition coefficient (Wildman–Crippen LogP) is 3.72. The zero-order valence-electron chi connectivity index (χ0n) is 16.8. The van der Waals surface area contributed by atoms with Crippen molar-refractivity contribution in [2.24, 2.45) is 0 Å². The fourth-order valence-electron chi connectivity index (χ4n) is 3.22. The number of nitrogens with one attached hydrogen (secondary N) is 1. The number of carbonyl (C=O) groups is 1. The van der Waals surface area contributed by atoms with Crippen molar-refractivity contribution in [1.29, 1.82) is 0 Å². The number of rotatable bonds is 7. The smallest absolute Gasteiger partial charge is 0.325 e. The third kappa shape index (κ3) is 4.72. The standard InChI is InChI=1S/C20H21F3N4O3S/c1-3-26(4-2)31(29,30)15-11-9-14(10-12-15)24-18(28)13-27-17-8-6-5-7-16(17)25-19(27)20(21,22)23/h5-12H,3-4,13H2,1-2H3,(H,24,28). The number of alkyl halides is 3. The molecule has 0 aliphatic heterocycles. The number of carbonyl (C=O) groups excluding carboxylic acids is 1. The molecule has 0 saturated carbocycles. The molecule has 0 aliphatic carbocycles. The number of hydrogen-bond donors (Lipinski definition) is 1. The highest BCUT2D eigenvalue weighted by Gasteiger charge is 2.38. The van der Waals surface area contributed by atoms with Crippen LogP contribution in [0.4, 0.5) is 18.9 Å². The number of hydrogen-bond acceptors (Lipinski definition) is 4. The Morgan fingerprint density at radius 3 is 2.26 bits per heavy atom. The van der Waals surface area contributed by atoms with Gasteiger partial charge in [-0.2, -0.15) is 17.5 Å². The lowest BCUT2D eigenvalue weighted by Gasteiger charge is -2.18. The Bertz CT molecular complexity index is 1180. The van der Waals surface area contributed by atoms with Gasteiger partial charge in [0, 0.05) is 18.8 Å². The van der Waals surface area contributed by atoms with Gasteiger partial charge < -0.3 is 9.88 Å². The molecule has 0 fully saturated rings. The van der Waals surface area contributed by atoms with Crippen molar-refractivity contribution in [1.82, 2.24) is 13.9 Å². The molecule has 0 atom stereocenters. The third-order valence-electron chi connectivity index (χ3n) is 4.69. The minimum atomic E-state index is -4.72. The number of aromatic nitrogens is 2. The maximum atomic E-state index is 13.4. The van der Waals surface area contributed by atoms with Gasteiger partial charge in [0.15, 0.2) is 0 Å². The van der Waals surface area contributed by atoms with Gasteiger partial charge in [0.25, 0.3) is 0 Å². The number of para-hydroxylation sites is 2. The monoisotopic (exact) mass is 454 g/mol. The highest BCUT2D eigenvalue weighted by atomic mass is 32.2. The third-order valence-corrected chi connectivity index (χ3v) is 6.76. The van der Waals surface area contributed by atoms with Crippen LogP contribution in [0.15, 0.2) is 53.4 Å². The maximum Gasteiger partial charge on any atom is 0.449 e. The van der Waals surface area contributed by atoms with Crippen molar-refractivity contribution in [3.63, 3.8) is 0 Å². The van der Waals surface area contributed by atoms with Crippen molar-refractivity contribution in [3.05, 3.63) is 54.4 Å². The number of halogens is 3. The van der Waals surface area contributed by atoms with E-state index >= 15 is 0 Å². The fraction of sp³-hybridized carbons (Fsp3) is 0.300. The Kier molecular flexibility index (Phi) is 6.37. The molecular weight excluding hydrogens is 433 g/mol. The average molecular weight is 454 g/mol. The van der Waals surface area contributed by atoms with Crippen molar-refractivity contribution < 1.29 is 26.4 Å². The molecule has 0 aliphatic rings. The molecular formula is C20H21F3N4O3S. The van der Waals surface area contributed by atoms with E-state index in [1.165, 1.54) is 40.7 Å². The quantitative estimate of drug-likeness (QED) is 0.590. The van der Waals surface area contributed by atoms with Crippen molar-refractivity contribution in [3.8, 4) is 0 Å². The maximum absolute atomic E-state index is 13.4. The highest BCUT2D eigenvalue weighted by Crippen LogP contribution is 2.31. The van der Waals surface area contributed by atoms with Gasteiger partial charge in [-0.15, -0.1) is 0 Å². The molecule has 31 heavy (non-hydrogen) atoms. The van der Waals surface area contributed by atoms with E-state index in [-0.39, 0.29) is 21.6 Å². The van der Waals surface area contributed by atoms with Gasteiger partial charge in [-0.05, 0) is 36.4 Å². The molecule has 3 rings (SSSR count). The first kappa shape index (κ1) is 22.8. The molecule has 7 nitrogen and oxygen atoms in total. The lowest BCUT2D eigenvalue weighted by Crippen LogP contribution is -2.30. The topological polar surface area (TPSA) is 84.3 Å². The molecule has 0 saturated heterocycles. The van der Waals surface area contributed by atoms with E-state index in [2.05, 4.69) is 10.3 Å². The van der Waals surface area contributed by atoms with Crippen molar-refractivity contribution in [2.45, 2.75) is 31.5 Å². The van der Waals surface area contributed by atoms with Crippen LogP contribution in [0.2, 0.25) is 0 Å². The lowest BCUT2D eigenvalue weighted by molar-refractivity contribution is -0.147. The van der Waals surface area contributed by atoms with Crippen LogP contribution >= 0.6 is 0 Å². The number of fused-ring (bicyclic) bond motifs is 1. The predicted molar refractivity (Wildman–Crippen MR) is 110 cm³/mol. The molecule has 3 aromatic rings. The molecule has 2 aromatic carbocycles. The summed E-state index contributed by atoms with van der Waals surface area (Å²) in [5.74, 6) is -1.86. The number of sulfonamides is 1.